The van der Waals surface area contributed by atoms with Crippen molar-refractivity contribution in [3.8, 4) is 17.1 Å². The van der Waals surface area contributed by atoms with Crippen LogP contribution < -0.4 is 10.5 Å². The molecule has 1 aromatic carbocycles. The van der Waals surface area contributed by atoms with Gasteiger partial charge in [0.1, 0.15) is 5.75 Å². The number of anilines is 1. The van der Waals surface area contributed by atoms with Gasteiger partial charge in [0.2, 0.25) is 0 Å². The van der Waals surface area contributed by atoms with E-state index in [9.17, 15) is 0 Å². The molecule has 112 valence electrons. The zero-order valence-electron chi connectivity index (χ0n) is 12.0. The molecule has 0 aliphatic rings. The number of pyridine rings is 1. The Morgan fingerprint density at radius 3 is 2.82 bits per heavy atom. The maximum atomic E-state index is 5.71. The number of tetrazole rings is 1. The second kappa shape index (κ2) is 6.66. The highest BCUT2D eigenvalue weighted by Gasteiger charge is 2.08. The van der Waals surface area contributed by atoms with Crippen molar-refractivity contribution in [2.24, 2.45) is 0 Å². The molecule has 3 aromatic rings. The van der Waals surface area contributed by atoms with Gasteiger partial charge in [-0.15, -0.1) is 5.10 Å². The molecule has 0 aliphatic carbocycles. The first-order valence-corrected chi connectivity index (χ1v) is 6.98. The molecule has 2 aromatic heterocycles. The van der Waals surface area contributed by atoms with Crippen LogP contribution in [0.4, 0.5) is 5.69 Å². The number of hydrogen-bond acceptors (Lipinski definition) is 6. The van der Waals surface area contributed by atoms with Crippen LogP contribution in [0.1, 0.15) is 6.42 Å². The van der Waals surface area contributed by atoms with Crippen molar-refractivity contribution in [1.82, 2.24) is 25.2 Å². The molecular formula is C15H16N6O. The van der Waals surface area contributed by atoms with Crippen LogP contribution in [0, 0.1) is 0 Å². The van der Waals surface area contributed by atoms with E-state index in [1.807, 2.05) is 30.3 Å². The Bertz CT molecular complexity index is 728. The lowest BCUT2D eigenvalue weighted by molar-refractivity contribution is 0.298. The SMILES string of the molecule is Nc1cccc(OCCCn2nnnc2-c2ccncc2)c1. The number of nitrogens with zero attached hydrogens (tertiary/aromatic N) is 5. The third kappa shape index (κ3) is 3.38. The monoisotopic (exact) mass is 296 g/mol. The van der Waals surface area contributed by atoms with Gasteiger partial charge in [-0.2, -0.15) is 0 Å². The average Bonchev–Trinajstić information content (AvgIpc) is 3.01. The molecular weight excluding hydrogens is 280 g/mol. The summed E-state index contributed by atoms with van der Waals surface area (Å²) in [6.45, 7) is 1.24. The lowest BCUT2D eigenvalue weighted by Crippen LogP contribution is -2.07. The maximum absolute atomic E-state index is 5.71. The molecule has 2 N–H and O–H groups in total. The van der Waals surface area contributed by atoms with Gasteiger partial charge in [-0.05, 0) is 34.7 Å². The van der Waals surface area contributed by atoms with Crippen LogP contribution in [0.15, 0.2) is 48.8 Å². The molecule has 22 heavy (non-hydrogen) atoms. The number of nitrogen functional groups attached to an aromatic ring is 1. The average molecular weight is 296 g/mol. The van der Waals surface area contributed by atoms with Crippen LogP contribution in [0.25, 0.3) is 11.4 Å². The molecule has 0 radical (unpaired) electrons. The van der Waals surface area contributed by atoms with Crippen molar-refractivity contribution < 1.29 is 4.74 Å². The Hall–Kier alpha value is -2.96. The molecule has 7 heteroatoms. The standard InChI is InChI=1S/C15H16N6O/c16-13-3-1-4-14(11-13)22-10-2-9-21-15(18-19-20-21)12-5-7-17-8-6-12/h1,3-8,11H,2,9-10,16H2. The van der Waals surface area contributed by atoms with E-state index in [-0.39, 0.29) is 0 Å². The fourth-order valence-corrected chi connectivity index (χ4v) is 2.07. The predicted octanol–water partition coefficient (Wildman–Crippen LogP) is 1.79. The third-order valence-corrected chi connectivity index (χ3v) is 3.11. The van der Waals surface area contributed by atoms with Gasteiger partial charge in [0.15, 0.2) is 5.82 Å². The molecule has 0 spiro atoms. The summed E-state index contributed by atoms with van der Waals surface area (Å²) in [6, 6.07) is 11.1. The molecule has 0 atom stereocenters. The van der Waals surface area contributed by atoms with Gasteiger partial charge in [-0.1, -0.05) is 6.07 Å². The van der Waals surface area contributed by atoms with Crippen molar-refractivity contribution in [2.75, 3.05) is 12.3 Å². The second-order valence-electron chi connectivity index (χ2n) is 4.74. The van der Waals surface area contributed by atoms with Crippen molar-refractivity contribution in [1.29, 1.82) is 0 Å². The number of rotatable bonds is 6. The third-order valence-electron chi connectivity index (χ3n) is 3.11. The zero-order valence-corrected chi connectivity index (χ0v) is 12.0. The molecule has 0 unspecified atom stereocenters. The Morgan fingerprint density at radius 1 is 1.14 bits per heavy atom. The minimum absolute atomic E-state index is 0.569. The van der Waals surface area contributed by atoms with Gasteiger partial charge in [0.05, 0.1) is 6.61 Å². The Balaban J connectivity index is 1.56. The summed E-state index contributed by atoms with van der Waals surface area (Å²) < 4.78 is 7.42. The van der Waals surface area contributed by atoms with Crippen molar-refractivity contribution in [3.63, 3.8) is 0 Å². The highest BCUT2D eigenvalue weighted by atomic mass is 16.5. The zero-order chi connectivity index (χ0) is 15.2. The largest absolute Gasteiger partial charge is 0.493 e. The highest BCUT2D eigenvalue weighted by Crippen LogP contribution is 2.16. The summed E-state index contributed by atoms with van der Waals surface area (Å²) in [5.74, 6) is 1.50. The lowest BCUT2D eigenvalue weighted by atomic mass is 10.2. The maximum Gasteiger partial charge on any atom is 0.182 e. The van der Waals surface area contributed by atoms with E-state index in [1.165, 1.54) is 0 Å². The van der Waals surface area contributed by atoms with Gasteiger partial charge in [-0.3, -0.25) is 4.98 Å². The number of hydrogen-bond donors (Lipinski definition) is 1. The van der Waals surface area contributed by atoms with Crippen LogP contribution in [0.2, 0.25) is 0 Å². The molecule has 0 saturated carbocycles. The van der Waals surface area contributed by atoms with Gasteiger partial charge in [-0.25, -0.2) is 4.68 Å². The summed E-state index contributed by atoms with van der Waals surface area (Å²) in [5.41, 5.74) is 7.34. The van der Waals surface area contributed by atoms with E-state index in [1.54, 1.807) is 23.1 Å². The number of nitrogens with two attached hydrogens (primary N) is 1. The quantitative estimate of drug-likeness (QED) is 0.550. The van der Waals surface area contributed by atoms with Gasteiger partial charge >= 0.3 is 0 Å². The van der Waals surface area contributed by atoms with Crippen molar-refractivity contribution in [2.45, 2.75) is 13.0 Å². The molecule has 0 bridgehead atoms. The molecule has 0 saturated heterocycles. The van der Waals surface area contributed by atoms with Crippen LogP contribution in [0.5, 0.6) is 5.75 Å². The summed E-state index contributed by atoms with van der Waals surface area (Å²) in [6.07, 6.45) is 4.23. The summed E-state index contributed by atoms with van der Waals surface area (Å²) >= 11 is 0. The number of ether oxygens (including phenoxy) is 1. The van der Waals surface area contributed by atoms with Crippen LogP contribution in [-0.2, 0) is 6.54 Å². The van der Waals surface area contributed by atoms with Crippen LogP contribution >= 0.6 is 0 Å². The summed E-state index contributed by atoms with van der Waals surface area (Å²) in [7, 11) is 0. The van der Waals surface area contributed by atoms with Crippen molar-refractivity contribution in [3.05, 3.63) is 48.8 Å². The van der Waals surface area contributed by atoms with E-state index in [4.69, 9.17) is 10.5 Å². The molecule has 7 nitrogen and oxygen atoms in total. The molecule has 0 aliphatic heterocycles. The summed E-state index contributed by atoms with van der Waals surface area (Å²) in [4.78, 5) is 3.99. The Morgan fingerprint density at radius 2 is 2.00 bits per heavy atom. The topological polar surface area (TPSA) is 91.7 Å². The van der Waals surface area contributed by atoms with E-state index in [0.29, 0.717) is 18.8 Å². The molecule has 3 rings (SSSR count). The van der Waals surface area contributed by atoms with Crippen molar-refractivity contribution >= 4 is 5.69 Å². The fourth-order valence-electron chi connectivity index (χ4n) is 2.07. The first-order chi connectivity index (χ1) is 10.8. The predicted molar refractivity (Wildman–Crippen MR) is 82.0 cm³/mol. The fraction of sp³-hybridized carbons (Fsp3) is 0.200. The summed E-state index contributed by atoms with van der Waals surface area (Å²) in [5, 5.41) is 11.8. The van der Waals surface area contributed by atoms with Gasteiger partial charge in [0.25, 0.3) is 0 Å². The second-order valence-corrected chi connectivity index (χ2v) is 4.74. The normalized spacial score (nSPS) is 10.5. The molecule has 2 heterocycles. The molecule has 0 amide bonds. The Labute approximate surface area is 127 Å². The van der Waals surface area contributed by atoms with E-state index in [0.717, 1.165) is 23.6 Å². The van der Waals surface area contributed by atoms with Gasteiger partial charge < -0.3 is 10.5 Å². The van der Waals surface area contributed by atoms with E-state index in [2.05, 4.69) is 20.5 Å². The van der Waals surface area contributed by atoms with Crippen LogP contribution in [-0.4, -0.2) is 31.8 Å². The smallest absolute Gasteiger partial charge is 0.182 e. The van der Waals surface area contributed by atoms with E-state index < -0.39 is 0 Å². The number of benzene rings is 1. The van der Waals surface area contributed by atoms with Gasteiger partial charge in [0, 0.05) is 42.7 Å². The number of aryl methyl sites for hydroxylation is 1. The Kier molecular flexibility index (Phi) is 4.24. The first-order valence-electron chi connectivity index (χ1n) is 6.98. The van der Waals surface area contributed by atoms with E-state index >= 15 is 0 Å². The highest BCUT2D eigenvalue weighted by molar-refractivity contribution is 5.52. The molecule has 0 fully saturated rings. The minimum Gasteiger partial charge on any atom is -0.493 e. The number of aromatic nitrogens is 5. The van der Waals surface area contributed by atoms with Crippen LogP contribution in [0.3, 0.4) is 0 Å². The lowest BCUT2D eigenvalue weighted by Gasteiger charge is -2.07. The minimum atomic E-state index is 0.569. The first kappa shape index (κ1) is 14.0.